The Bertz CT molecular complexity index is 721. The van der Waals surface area contributed by atoms with E-state index in [1.165, 1.54) is 0 Å². The fourth-order valence-corrected chi connectivity index (χ4v) is 5.12. The van der Waals surface area contributed by atoms with Gasteiger partial charge in [-0.25, -0.2) is 13.1 Å². The highest BCUT2D eigenvalue weighted by atomic mass is 32.2. The summed E-state index contributed by atoms with van der Waals surface area (Å²) in [5, 5.41) is 1.95. The molecule has 3 nitrogen and oxygen atoms in total. The van der Waals surface area contributed by atoms with E-state index in [1.54, 1.807) is 11.3 Å². The van der Waals surface area contributed by atoms with Crippen LogP contribution in [0.2, 0.25) is 0 Å². The first-order chi connectivity index (χ1) is 9.74. The van der Waals surface area contributed by atoms with E-state index in [2.05, 4.69) is 4.72 Å². The van der Waals surface area contributed by atoms with Gasteiger partial charge in [0.25, 0.3) is 0 Å². The summed E-state index contributed by atoms with van der Waals surface area (Å²) in [6, 6.07) is 5.68. The molecule has 5 heteroatoms. The summed E-state index contributed by atoms with van der Waals surface area (Å²) in [6.07, 6.45) is 0. The maximum absolute atomic E-state index is 12.8. The van der Waals surface area contributed by atoms with Crippen molar-refractivity contribution < 1.29 is 8.42 Å². The van der Waals surface area contributed by atoms with Gasteiger partial charge in [-0.1, -0.05) is 12.1 Å². The molecule has 1 aromatic carbocycles. The summed E-state index contributed by atoms with van der Waals surface area (Å²) in [6.45, 7) is 9.50. The Hall–Kier alpha value is -1.17. The van der Waals surface area contributed by atoms with Crippen molar-refractivity contribution in [3.8, 4) is 0 Å². The van der Waals surface area contributed by atoms with Crippen molar-refractivity contribution in [2.75, 3.05) is 0 Å². The number of aryl methyl sites for hydroxylation is 2. The van der Waals surface area contributed by atoms with Crippen molar-refractivity contribution >= 4 is 21.4 Å². The molecule has 2 rings (SSSR count). The van der Waals surface area contributed by atoms with Crippen LogP contribution >= 0.6 is 11.3 Å². The van der Waals surface area contributed by atoms with E-state index in [4.69, 9.17) is 0 Å². The molecule has 0 aliphatic carbocycles. The fraction of sp³-hybridized carbons (Fsp3) is 0.375. The van der Waals surface area contributed by atoms with Crippen molar-refractivity contribution in [2.45, 2.75) is 45.6 Å². The molecule has 1 N–H and O–H groups in total. The van der Waals surface area contributed by atoms with E-state index in [0.717, 1.165) is 27.1 Å². The molecule has 0 spiro atoms. The van der Waals surface area contributed by atoms with Crippen molar-refractivity contribution in [3.05, 3.63) is 50.7 Å². The number of hydrogen-bond donors (Lipinski definition) is 1. The average molecular weight is 323 g/mol. The first kappa shape index (κ1) is 16.2. The highest BCUT2D eigenvalue weighted by Gasteiger charge is 2.24. The number of benzene rings is 1. The molecule has 1 heterocycles. The second-order valence-corrected chi connectivity index (χ2v) is 8.08. The van der Waals surface area contributed by atoms with Gasteiger partial charge in [0.1, 0.15) is 0 Å². The van der Waals surface area contributed by atoms with E-state index < -0.39 is 10.0 Å². The van der Waals surface area contributed by atoms with Gasteiger partial charge < -0.3 is 0 Å². The molecular formula is C16H21NO2S2. The summed E-state index contributed by atoms with van der Waals surface area (Å²) in [7, 11) is -3.54. The maximum Gasteiger partial charge on any atom is 0.241 e. The topological polar surface area (TPSA) is 46.2 Å². The van der Waals surface area contributed by atoms with Gasteiger partial charge in [-0.05, 0) is 68.3 Å². The normalized spacial score (nSPS) is 13.4. The molecule has 0 saturated carbocycles. The van der Waals surface area contributed by atoms with E-state index in [-0.39, 0.29) is 6.04 Å². The molecular weight excluding hydrogens is 302 g/mol. The lowest BCUT2D eigenvalue weighted by Gasteiger charge is -2.18. The molecule has 0 radical (unpaired) electrons. The average Bonchev–Trinajstić information content (AvgIpc) is 2.89. The van der Waals surface area contributed by atoms with Gasteiger partial charge >= 0.3 is 0 Å². The number of rotatable bonds is 4. The van der Waals surface area contributed by atoms with Crippen molar-refractivity contribution in [1.29, 1.82) is 0 Å². The predicted molar refractivity (Wildman–Crippen MR) is 88.4 cm³/mol. The second kappa shape index (κ2) is 5.91. The van der Waals surface area contributed by atoms with Crippen molar-refractivity contribution in [1.82, 2.24) is 4.72 Å². The number of sulfonamides is 1. The van der Waals surface area contributed by atoms with Crippen LogP contribution < -0.4 is 4.72 Å². The second-order valence-electron chi connectivity index (χ2n) is 5.45. The summed E-state index contributed by atoms with van der Waals surface area (Å²) in [5.74, 6) is 0. The van der Waals surface area contributed by atoms with Crippen LogP contribution in [0.1, 0.15) is 40.1 Å². The molecule has 0 aliphatic heterocycles. The van der Waals surface area contributed by atoms with Crippen LogP contribution in [0.3, 0.4) is 0 Å². The molecule has 114 valence electrons. The monoisotopic (exact) mass is 323 g/mol. The van der Waals surface area contributed by atoms with Crippen LogP contribution in [0.25, 0.3) is 0 Å². The Labute approximate surface area is 131 Å². The van der Waals surface area contributed by atoms with Gasteiger partial charge in [0.05, 0.1) is 10.9 Å². The third-order valence-electron chi connectivity index (χ3n) is 3.87. The smallest absolute Gasteiger partial charge is 0.207 e. The van der Waals surface area contributed by atoms with Crippen LogP contribution in [0.5, 0.6) is 0 Å². The lowest BCUT2D eigenvalue weighted by atomic mass is 10.0. The first-order valence-corrected chi connectivity index (χ1v) is 9.23. The Kier molecular flexibility index (Phi) is 4.56. The zero-order chi connectivity index (χ0) is 15.8. The Morgan fingerprint density at radius 3 is 2.14 bits per heavy atom. The molecule has 0 bridgehead atoms. The van der Waals surface area contributed by atoms with Crippen LogP contribution in [-0.2, 0) is 10.0 Å². The number of hydrogen-bond acceptors (Lipinski definition) is 3. The SMILES string of the molecule is Cc1cc(C)c(C)c(S(=O)(=O)NC(C)c2cccs2)c1C. The van der Waals surface area contributed by atoms with E-state index >= 15 is 0 Å². The van der Waals surface area contributed by atoms with Crippen LogP contribution in [-0.4, -0.2) is 8.42 Å². The zero-order valence-electron chi connectivity index (χ0n) is 13.0. The first-order valence-electron chi connectivity index (χ1n) is 6.87. The minimum absolute atomic E-state index is 0.227. The molecule has 21 heavy (non-hydrogen) atoms. The van der Waals surface area contributed by atoms with Gasteiger partial charge in [-0.15, -0.1) is 11.3 Å². The third kappa shape index (κ3) is 3.20. The fourth-order valence-electron chi connectivity index (χ4n) is 2.47. The number of thiophene rings is 1. The molecule has 0 fully saturated rings. The third-order valence-corrected chi connectivity index (χ3v) is 6.74. The summed E-state index contributed by atoms with van der Waals surface area (Å²) in [5.41, 5.74) is 3.65. The standard InChI is InChI=1S/C16H21NO2S2/c1-10-9-11(2)13(4)16(12(10)3)21(18,19)17-14(5)15-7-6-8-20-15/h6-9,14,17H,1-5H3. The quantitative estimate of drug-likeness (QED) is 0.923. The van der Waals surface area contributed by atoms with Crippen LogP contribution in [0.15, 0.2) is 28.5 Å². The Morgan fingerprint density at radius 2 is 1.67 bits per heavy atom. The van der Waals surface area contributed by atoms with Gasteiger partial charge in [-0.2, -0.15) is 0 Å². The van der Waals surface area contributed by atoms with Gasteiger partial charge in [0.2, 0.25) is 10.0 Å². The Balaban J connectivity index is 2.46. The summed E-state index contributed by atoms with van der Waals surface area (Å²) in [4.78, 5) is 1.43. The van der Waals surface area contributed by atoms with E-state index in [0.29, 0.717) is 4.90 Å². The summed E-state index contributed by atoms with van der Waals surface area (Å²) >= 11 is 1.55. The molecule has 2 aromatic rings. The highest BCUT2D eigenvalue weighted by molar-refractivity contribution is 7.89. The minimum Gasteiger partial charge on any atom is -0.207 e. The molecule has 1 atom stereocenters. The highest BCUT2D eigenvalue weighted by Crippen LogP contribution is 2.28. The number of nitrogens with one attached hydrogen (secondary N) is 1. The van der Waals surface area contributed by atoms with E-state index in [1.807, 2.05) is 58.2 Å². The lowest BCUT2D eigenvalue weighted by molar-refractivity contribution is 0.567. The molecule has 1 aromatic heterocycles. The largest absolute Gasteiger partial charge is 0.241 e. The van der Waals surface area contributed by atoms with Crippen LogP contribution in [0.4, 0.5) is 0 Å². The zero-order valence-corrected chi connectivity index (χ0v) is 14.7. The van der Waals surface area contributed by atoms with Crippen molar-refractivity contribution in [3.63, 3.8) is 0 Å². The maximum atomic E-state index is 12.8. The van der Waals surface area contributed by atoms with Crippen molar-refractivity contribution in [2.24, 2.45) is 0 Å². The van der Waals surface area contributed by atoms with Gasteiger partial charge in [0.15, 0.2) is 0 Å². The summed E-state index contributed by atoms with van der Waals surface area (Å²) < 4.78 is 28.3. The molecule has 1 unspecified atom stereocenters. The predicted octanol–water partition coefficient (Wildman–Crippen LogP) is 4.02. The van der Waals surface area contributed by atoms with Gasteiger partial charge in [0, 0.05) is 4.88 Å². The van der Waals surface area contributed by atoms with Crippen LogP contribution in [0, 0.1) is 27.7 Å². The van der Waals surface area contributed by atoms with E-state index in [9.17, 15) is 8.42 Å². The van der Waals surface area contributed by atoms with Gasteiger partial charge in [-0.3, -0.25) is 0 Å². The minimum atomic E-state index is -3.54. The molecule has 0 amide bonds. The lowest BCUT2D eigenvalue weighted by Crippen LogP contribution is -2.28. The Morgan fingerprint density at radius 1 is 1.10 bits per heavy atom. The molecule has 0 saturated heterocycles. The molecule has 0 aliphatic rings.